The lowest BCUT2D eigenvalue weighted by atomic mass is 9.92. The van der Waals surface area contributed by atoms with Crippen molar-refractivity contribution in [1.29, 1.82) is 0 Å². The molecular formula is C13H21N3O2S2. The third-order valence-electron chi connectivity index (χ3n) is 4.06. The van der Waals surface area contributed by atoms with Crippen molar-refractivity contribution in [3.05, 3.63) is 0 Å². The van der Waals surface area contributed by atoms with Crippen LogP contribution in [-0.2, 0) is 9.84 Å². The van der Waals surface area contributed by atoms with Gasteiger partial charge in [-0.25, -0.2) is 8.42 Å². The van der Waals surface area contributed by atoms with Crippen LogP contribution in [0.15, 0.2) is 4.90 Å². The molecule has 1 aliphatic heterocycles. The zero-order valence-electron chi connectivity index (χ0n) is 11.9. The Kier molecular flexibility index (Phi) is 3.44. The number of nitrogen functional groups attached to an aromatic ring is 1. The van der Waals surface area contributed by atoms with Crippen LogP contribution < -0.4 is 10.6 Å². The van der Waals surface area contributed by atoms with E-state index in [-0.39, 0.29) is 11.1 Å². The molecule has 5 nitrogen and oxygen atoms in total. The fraction of sp³-hybridized carbons (Fsp3) is 0.769. The Morgan fingerprint density at radius 2 is 1.85 bits per heavy atom. The lowest BCUT2D eigenvalue weighted by Gasteiger charge is -2.35. The minimum absolute atomic E-state index is 0.183. The van der Waals surface area contributed by atoms with Gasteiger partial charge in [-0.15, -0.1) is 0 Å². The third kappa shape index (κ3) is 2.41. The van der Waals surface area contributed by atoms with Crippen molar-refractivity contribution >= 4 is 32.2 Å². The van der Waals surface area contributed by atoms with Crippen molar-refractivity contribution in [2.75, 3.05) is 23.7 Å². The van der Waals surface area contributed by atoms with Crippen LogP contribution in [0.5, 0.6) is 0 Å². The summed E-state index contributed by atoms with van der Waals surface area (Å²) in [7, 11) is -3.29. The van der Waals surface area contributed by atoms with Gasteiger partial charge < -0.3 is 10.6 Å². The number of aromatic nitrogens is 1. The first-order valence-corrected chi connectivity index (χ1v) is 9.45. The van der Waals surface area contributed by atoms with Crippen LogP contribution in [0.1, 0.15) is 33.1 Å². The van der Waals surface area contributed by atoms with Gasteiger partial charge in [0, 0.05) is 13.1 Å². The van der Waals surface area contributed by atoms with E-state index in [1.165, 1.54) is 18.0 Å². The van der Waals surface area contributed by atoms with Crippen LogP contribution in [0.2, 0.25) is 0 Å². The fourth-order valence-electron chi connectivity index (χ4n) is 3.13. The van der Waals surface area contributed by atoms with Crippen LogP contribution in [0.25, 0.3) is 0 Å². The smallest absolute Gasteiger partial charge is 0.187 e. The quantitative estimate of drug-likeness (QED) is 0.925. The van der Waals surface area contributed by atoms with Gasteiger partial charge in [0.05, 0.1) is 5.25 Å². The number of rotatable bonds is 3. The zero-order valence-corrected chi connectivity index (χ0v) is 13.5. The van der Waals surface area contributed by atoms with Crippen LogP contribution in [-0.4, -0.2) is 31.1 Å². The Labute approximate surface area is 124 Å². The maximum Gasteiger partial charge on any atom is 0.187 e. The van der Waals surface area contributed by atoms with E-state index in [9.17, 15) is 8.42 Å². The highest BCUT2D eigenvalue weighted by atomic mass is 32.2. The molecular weight excluding hydrogens is 294 g/mol. The molecule has 0 amide bonds. The molecule has 112 valence electrons. The third-order valence-corrected chi connectivity index (χ3v) is 7.43. The molecule has 2 atom stereocenters. The Hall–Kier alpha value is -0.820. The number of sulfone groups is 1. The lowest BCUT2D eigenvalue weighted by Crippen LogP contribution is -2.39. The largest absolute Gasteiger partial charge is 0.382 e. The fourth-order valence-corrected chi connectivity index (χ4v) is 6.17. The first-order chi connectivity index (χ1) is 9.39. The number of anilines is 2. The number of hydrogen-bond acceptors (Lipinski definition) is 6. The van der Waals surface area contributed by atoms with Gasteiger partial charge in [0.2, 0.25) is 0 Å². The molecule has 2 unspecified atom stereocenters. The first kappa shape index (κ1) is 14.1. The van der Waals surface area contributed by atoms with Gasteiger partial charge in [-0.1, -0.05) is 13.8 Å². The molecule has 2 N–H and O–H groups in total. The van der Waals surface area contributed by atoms with Crippen molar-refractivity contribution in [3.63, 3.8) is 0 Å². The van der Waals surface area contributed by atoms with Gasteiger partial charge in [-0.3, -0.25) is 0 Å². The molecule has 0 spiro atoms. The van der Waals surface area contributed by atoms with Crippen molar-refractivity contribution in [3.8, 4) is 0 Å². The lowest BCUT2D eigenvalue weighted by molar-refractivity contribution is 0.357. The molecule has 1 aromatic rings. The van der Waals surface area contributed by atoms with Crippen molar-refractivity contribution in [2.45, 2.75) is 43.3 Å². The van der Waals surface area contributed by atoms with Gasteiger partial charge in [0.25, 0.3) is 0 Å². The Balaban J connectivity index is 1.98. The van der Waals surface area contributed by atoms with Crippen molar-refractivity contribution in [1.82, 2.24) is 4.37 Å². The average Bonchev–Trinajstić information content (AvgIpc) is 3.12. The van der Waals surface area contributed by atoms with E-state index < -0.39 is 9.84 Å². The molecule has 1 saturated heterocycles. The highest BCUT2D eigenvalue weighted by Crippen LogP contribution is 2.43. The van der Waals surface area contributed by atoms with Crippen molar-refractivity contribution in [2.24, 2.45) is 11.8 Å². The second-order valence-corrected chi connectivity index (χ2v) is 9.21. The monoisotopic (exact) mass is 315 g/mol. The molecule has 2 heterocycles. The van der Waals surface area contributed by atoms with Gasteiger partial charge >= 0.3 is 0 Å². The minimum Gasteiger partial charge on any atom is -0.382 e. The Morgan fingerprint density at radius 1 is 1.25 bits per heavy atom. The Morgan fingerprint density at radius 3 is 2.40 bits per heavy atom. The average molecular weight is 315 g/mol. The summed E-state index contributed by atoms with van der Waals surface area (Å²) in [6, 6.07) is 0. The molecule has 1 aliphatic carbocycles. The number of hydrogen-bond donors (Lipinski definition) is 1. The second kappa shape index (κ2) is 4.87. The summed E-state index contributed by atoms with van der Waals surface area (Å²) in [5, 5.41) is 0.521. The highest BCUT2D eigenvalue weighted by Gasteiger charge is 2.42. The molecule has 20 heavy (non-hydrogen) atoms. The van der Waals surface area contributed by atoms with E-state index in [0.29, 0.717) is 16.7 Å². The topological polar surface area (TPSA) is 76.3 Å². The van der Waals surface area contributed by atoms with E-state index in [0.717, 1.165) is 30.9 Å². The van der Waals surface area contributed by atoms with Crippen LogP contribution in [0.4, 0.5) is 10.8 Å². The normalized spacial score (nSPS) is 27.8. The Bertz CT molecular complexity index is 597. The molecule has 2 fully saturated rings. The molecule has 1 aromatic heterocycles. The minimum atomic E-state index is -3.29. The van der Waals surface area contributed by atoms with Crippen LogP contribution in [0, 0.1) is 11.8 Å². The molecule has 0 bridgehead atoms. The first-order valence-electron chi connectivity index (χ1n) is 7.13. The van der Waals surface area contributed by atoms with E-state index >= 15 is 0 Å². The standard InChI is InChI=1S/C13H21N3O2S2/c1-8-5-9(2)7-16(6-8)13-11(12(14)15-19-13)20(17,18)10-3-4-10/h8-10H,3-7H2,1-2H3,(H2,14,15). The summed E-state index contributed by atoms with van der Waals surface area (Å²) in [4.78, 5) is 2.47. The number of nitrogens with two attached hydrogens (primary N) is 1. The molecule has 0 aromatic carbocycles. The summed E-state index contributed by atoms with van der Waals surface area (Å²) in [6.45, 7) is 6.20. The molecule has 7 heteroatoms. The number of piperidine rings is 1. The van der Waals surface area contributed by atoms with E-state index in [4.69, 9.17) is 5.73 Å². The maximum absolute atomic E-state index is 12.6. The number of nitrogens with zero attached hydrogens (tertiary/aromatic N) is 2. The predicted octanol–water partition coefficient (Wildman–Crippen LogP) is 2.14. The molecule has 2 aliphatic rings. The predicted molar refractivity (Wildman–Crippen MR) is 81.9 cm³/mol. The SMILES string of the molecule is CC1CC(C)CN(c2snc(N)c2S(=O)(=O)C2CC2)C1. The summed E-state index contributed by atoms with van der Waals surface area (Å²) < 4.78 is 29.2. The zero-order chi connectivity index (χ0) is 14.5. The van der Waals surface area contributed by atoms with Gasteiger partial charge in [-0.2, -0.15) is 4.37 Å². The summed E-state index contributed by atoms with van der Waals surface area (Å²) in [5.41, 5.74) is 5.86. The van der Waals surface area contributed by atoms with E-state index in [1.54, 1.807) is 0 Å². The van der Waals surface area contributed by atoms with E-state index in [1.807, 2.05) is 0 Å². The van der Waals surface area contributed by atoms with Gasteiger partial charge in [-0.05, 0) is 42.6 Å². The summed E-state index contributed by atoms with van der Waals surface area (Å²) in [6.07, 6.45) is 2.70. The molecule has 1 saturated carbocycles. The highest BCUT2D eigenvalue weighted by molar-refractivity contribution is 7.92. The maximum atomic E-state index is 12.6. The van der Waals surface area contributed by atoms with E-state index in [2.05, 4.69) is 23.1 Å². The molecule has 3 rings (SSSR count). The molecule has 0 radical (unpaired) electrons. The second-order valence-electron chi connectivity index (χ2n) is 6.30. The van der Waals surface area contributed by atoms with Gasteiger partial charge in [0.1, 0.15) is 9.90 Å². The van der Waals surface area contributed by atoms with Gasteiger partial charge in [0.15, 0.2) is 15.7 Å². The summed E-state index contributed by atoms with van der Waals surface area (Å²) >= 11 is 1.23. The van der Waals surface area contributed by atoms with Crippen LogP contribution in [0.3, 0.4) is 0 Å². The van der Waals surface area contributed by atoms with Crippen LogP contribution >= 0.6 is 11.5 Å². The summed E-state index contributed by atoms with van der Waals surface area (Å²) in [5.74, 6) is 1.32. The van der Waals surface area contributed by atoms with Crippen molar-refractivity contribution < 1.29 is 8.42 Å².